The van der Waals surface area contributed by atoms with Crippen LogP contribution in [0.3, 0.4) is 0 Å². The average Bonchev–Trinajstić information content (AvgIpc) is 2.33. The molecule has 1 rings (SSSR count). The van der Waals surface area contributed by atoms with Crippen LogP contribution >= 0.6 is 0 Å². The smallest absolute Gasteiger partial charge is 0.351 e. The molecule has 60 valence electrons. The van der Waals surface area contributed by atoms with Gasteiger partial charge in [-0.25, -0.2) is 9.59 Å². The van der Waals surface area contributed by atoms with Gasteiger partial charge >= 0.3 is 11.9 Å². The predicted molar refractivity (Wildman–Crippen MR) is 34.9 cm³/mol. The van der Waals surface area contributed by atoms with Crippen molar-refractivity contribution in [3.8, 4) is 0 Å². The fourth-order valence-electron chi connectivity index (χ4n) is 0.853. The Morgan fingerprint density at radius 2 is 2.18 bits per heavy atom. The standard InChI is InChI=1S/C6H7NO4/c8-5(9)3-1-2-4(7-3)6(10)11/h1,4,7H,2H2,(H,8,9)(H,10,11). The van der Waals surface area contributed by atoms with E-state index in [9.17, 15) is 9.59 Å². The van der Waals surface area contributed by atoms with Gasteiger partial charge in [0.05, 0.1) is 0 Å². The first-order valence-electron chi connectivity index (χ1n) is 3.04. The third-order valence-corrected chi connectivity index (χ3v) is 1.42. The summed E-state index contributed by atoms with van der Waals surface area (Å²) < 4.78 is 0. The van der Waals surface area contributed by atoms with Gasteiger partial charge in [-0.05, 0) is 6.42 Å². The largest absolute Gasteiger partial charge is 0.480 e. The van der Waals surface area contributed by atoms with Crippen molar-refractivity contribution in [1.29, 1.82) is 0 Å². The van der Waals surface area contributed by atoms with Gasteiger partial charge in [0.15, 0.2) is 0 Å². The maximum atomic E-state index is 10.3. The molecule has 0 bridgehead atoms. The van der Waals surface area contributed by atoms with E-state index in [4.69, 9.17) is 10.2 Å². The van der Waals surface area contributed by atoms with Crippen molar-refractivity contribution in [2.45, 2.75) is 12.5 Å². The molecule has 3 N–H and O–H groups in total. The Kier molecular flexibility index (Phi) is 1.80. The van der Waals surface area contributed by atoms with E-state index in [1.54, 1.807) is 0 Å². The quantitative estimate of drug-likeness (QED) is 0.498. The van der Waals surface area contributed by atoms with E-state index in [0.717, 1.165) is 0 Å². The molecule has 1 atom stereocenters. The molecule has 0 amide bonds. The Bertz CT molecular complexity index is 233. The van der Waals surface area contributed by atoms with Gasteiger partial charge < -0.3 is 15.5 Å². The Hall–Kier alpha value is -1.52. The molecule has 0 radical (unpaired) electrons. The highest BCUT2D eigenvalue weighted by atomic mass is 16.4. The molecule has 1 aliphatic rings. The first-order valence-corrected chi connectivity index (χ1v) is 3.04. The van der Waals surface area contributed by atoms with Crippen LogP contribution in [0.1, 0.15) is 6.42 Å². The molecule has 0 fully saturated rings. The van der Waals surface area contributed by atoms with Crippen LogP contribution in [-0.4, -0.2) is 28.2 Å². The van der Waals surface area contributed by atoms with Gasteiger partial charge in [-0.3, -0.25) is 0 Å². The van der Waals surface area contributed by atoms with Crippen molar-refractivity contribution in [1.82, 2.24) is 5.32 Å². The molecule has 1 heterocycles. The highest BCUT2D eigenvalue weighted by Gasteiger charge is 2.25. The second kappa shape index (κ2) is 2.61. The number of hydrogen-bond acceptors (Lipinski definition) is 3. The van der Waals surface area contributed by atoms with Crippen molar-refractivity contribution in [3.63, 3.8) is 0 Å². The number of rotatable bonds is 2. The minimum Gasteiger partial charge on any atom is -0.480 e. The van der Waals surface area contributed by atoms with Crippen LogP contribution < -0.4 is 5.32 Å². The van der Waals surface area contributed by atoms with Crippen LogP contribution in [0.25, 0.3) is 0 Å². The minimum atomic E-state index is -1.12. The van der Waals surface area contributed by atoms with Crippen LogP contribution in [0.5, 0.6) is 0 Å². The molecule has 1 unspecified atom stereocenters. The fraction of sp³-hybridized carbons (Fsp3) is 0.333. The Balaban J connectivity index is 2.56. The lowest BCUT2D eigenvalue weighted by atomic mass is 10.2. The normalized spacial score (nSPS) is 22.2. The lowest BCUT2D eigenvalue weighted by molar-refractivity contribution is -0.139. The molecular formula is C6H7NO4. The number of hydrogen-bond donors (Lipinski definition) is 3. The number of carboxylic acids is 2. The summed E-state index contributed by atoms with van der Waals surface area (Å²) in [5.74, 6) is -2.15. The molecule has 0 aliphatic carbocycles. The van der Waals surface area contributed by atoms with E-state index in [-0.39, 0.29) is 12.1 Å². The molecule has 0 aromatic carbocycles. The van der Waals surface area contributed by atoms with Crippen LogP contribution in [0, 0.1) is 0 Å². The zero-order valence-corrected chi connectivity index (χ0v) is 5.57. The summed E-state index contributed by atoms with van der Waals surface area (Å²) in [5, 5.41) is 19.2. The Labute approximate surface area is 62.3 Å². The van der Waals surface area contributed by atoms with Crippen LogP contribution in [0.15, 0.2) is 11.8 Å². The maximum absolute atomic E-state index is 10.3. The fourth-order valence-corrected chi connectivity index (χ4v) is 0.853. The Morgan fingerprint density at radius 3 is 2.45 bits per heavy atom. The van der Waals surface area contributed by atoms with Crippen molar-refractivity contribution in [2.24, 2.45) is 0 Å². The van der Waals surface area contributed by atoms with Crippen LogP contribution in [0.2, 0.25) is 0 Å². The van der Waals surface area contributed by atoms with E-state index in [1.165, 1.54) is 6.08 Å². The third-order valence-electron chi connectivity index (χ3n) is 1.42. The number of carboxylic acid groups (broad SMARTS) is 2. The van der Waals surface area contributed by atoms with Gasteiger partial charge in [-0.1, -0.05) is 6.08 Å². The topological polar surface area (TPSA) is 86.6 Å². The monoisotopic (exact) mass is 157 g/mol. The minimum absolute atomic E-state index is 0.0302. The van der Waals surface area contributed by atoms with E-state index in [0.29, 0.717) is 0 Å². The second-order valence-electron chi connectivity index (χ2n) is 2.19. The lowest BCUT2D eigenvalue weighted by Gasteiger charge is -2.04. The maximum Gasteiger partial charge on any atom is 0.351 e. The third kappa shape index (κ3) is 1.49. The SMILES string of the molecule is O=C(O)C1=CCC(C(=O)O)N1. The summed E-state index contributed by atoms with van der Waals surface area (Å²) in [4.78, 5) is 20.5. The highest BCUT2D eigenvalue weighted by molar-refractivity contribution is 5.88. The number of carbonyl (C=O) groups is 2. The molecule has 0 aromatic rings. The summed E-state index contributed by atoms with van der Waals surface area (Å²) in [6, 6.07) is -0.777. The van der Waals surface area contributed by atoms with Gasteiger partial charge in [0, 0.05) is 0 Å². The van der Waals surface area contributed by atoms with Crippen molar-refractivity contribution < 1.29 is 19.8 Å². The van der Waals surface area contributed by atoms with Crippen LogP contribution in [0.4, 0.5) is 0 Å². The second-order valence-corrected chi connectivity index (χ2v) is 2.19. The molecular weight excluding hydrogens is 150 g/mol. The number of nitrogens with one attached hydrogen (secondary N) is 1. The molecule has 5 nitrogen and oxygen atoms in total. The van der Waals surface area contributed by atoms with Crippen molar-refractivity contribution in [2.75, 3.05) is 0 Å². The van der Waals surface area contributed by atoms with Gasteiger partial charge in [-0.2, -0.15) is 0 Å². The molecule has 11 heavy (non-hydrogen) atoms. The first kappa shape index (κ1) is 7.59. The molecule has 5 heteroatoms. The highest BCUT2D eigenvalue weighted by Crippen LogP contribution is 2.08. The lowest BCUT2D eigenvalue weighted by Crippen LogP contribution is -2.33. The summed E-state index contributed by atoms with van der Waals surface area (Å²) in [6.07, 6.45) is 1.60. The zero-order valence-electron chi connectivity index (χ0n) is 5.57. The van der Waals surface area contributed by atoms with E-state index in [1.807, 2.05) is 0 Å². The molecule has 0 saturated heterocycles. The summed E-state index contributed by atoms with van der Waals surface area (Å²) in [6.45, 7) is 0. The number of aliphatic carboxylic acids is 2. The van der Waals surface area contributed by atoms with Crippen LogP contribution in [-0.2, 0) is 9.59 Å². The Morgan fingerprint density at radius 1 is 1.55 bits per heavy atom. The molecule has 0 aromatic heterocycles. The van der Waals surface area contributed by atoms with E-state index in [2.05, 4.69) is 5.32 Å². The van der Waals surface area contributed by atoms with Gasteiger partial charge in [0.1, 0.15) is 11.7 Å². The zero-order chi connectivity index (χ0) is 8.43. The van der Waals surface area contributed by atoms with Gasteiger partial charge in [-0.15, -0.1) is 0 Å². The van der Waals surface area contributed by atoms with E-state index < -0.39 is 18.0 Å². The first-order chi connectivity index (χ1) is 5.11. The molecule has 1 aliphatic heterocycles. The van der Waals surface area contributed by atoms with E-state index >= 15 is 0 Å². The van der Waals surface area contributed by atoms with Crippen molar-refractivity contribution >= 4 is 11.9 Å². The van der Waals surface area contributed by atoms with Crippen molar-refractivity contribution in [3.05, 3.63) is 11.8 Å². The summed E-state index contributed by atoms with van der Waals surface area (Å²) in [5.41, 5.74) is -0.0302. The average molecular weight is 157 g/mol. The van der Waals surface area contributed by atoms with Gasteiger partial charge in [0.2, 0.25) is 0 Å². The summed E-state index contributed by atoms with van der Waals surface area (Å²) >= 11 is 0. The van der Waals surface area contributed by atoms with Gasteiger partial charge in [0.25, 0.3) is 0 Å². The molecule has 0 saturated carbocycles. The molecule has 0 spiro atoms. The summed E-state index contributed by atoms with van der Waals surface area (Å²) in [7, 11) is 0. The predicted octanol–water partition coefficient (Wildman–Crippen LogP) is -0.599.